The summed E-state index contributed by atoms with van der Waals surface area (Å²) in [6.07, 6.45) is 6.50. The van der Waals surface area contributed by atoms with Crippen molar-refractivity contribution < 1.29 is 0 Å². The fourth-order valence-corrected chi connectivity index (χ4v) is 3.53. The molecule has 2 nitrogen and oxygen atoms in total. The summed E-state index contributed by atoms with van der Waals surface area (Å²) < 4.78 is 0. The second-order valence-electron chi connectivity index (χ2n) is 5.77. The molecule has 1 saturated carbocycles. The van der Waals surface area contributed by atoms with Crippen molar-refractivity contribution in [2.45, 2.75) is 44.6 Å². The lowest BCUT2D eigenvalue weighted by atomic mass is 9.74. The molecule has 0 bridgehead atoms. The van der Waals surface area contributed by atoms with Crippen molar-refractivity contribution in [1.82, 2.24) is 0 Å². The Kier molecular flexibility index (Phi) is 3.14. The number of halogens is 1. The van der Waals surface area contributed by atoms with Crippen LogP contribution in [0.5, 0.6) is 0 Å². The molecule has 98 valence electrons. The Balaban J connectivity index is 1.80. The van der Waals surface area contributed by atoms with Crippen molar-refractivity contribution in [3.8, 4) is 0 Å². The van der Waals surface area contributed by atoms with Crippen LogP contribution in [0.15, 0.2) is 18.2 Å². The third-order valence-electron chi connectivity index (χ3n) is 4.66. The molecular formula is C15H21ClN2. The molecule has 0 atom stereocenters. The second-order valence-corrected chi connectivity index (χ2v) is 6.18. The Labute approximate surface area is 114 Å². The topological polar surface area (TPSA) is 24.1 Å². The van der Waals surface area contributed by atoms with Crippen molar-refractivity contribution in [3.05, 3.63) is 23.2 Å². The molecule has 1 aromatic rings. The van der Waals surface area contributed by atoms with Gasteiger partial charge in [0, 0.05) is 6.54 Å². The van der Waals surface area contributed by atoms with Gasteiger partial charge in [-0.1, -0.05) is 31.0 Å². The molecule has 1 heterocycles. The highest BCUT2D eigenvalue weighted by Gasteiger charge is 2.37. The van der Waals surface area contributed by atoms with Crippen molar-refractivity contribution in [2.75, 3.05) is 17.2 Å². The minimum Gasteiger partial charge on any atom is -0.381 e. The highest BCUT2D eigenvalue weighted by molar-refractivity contribution is 6.34. The SMILES string of the molecule is CCC1CCC2(CC1)CNc1cccc(Cl)c1N2. The van der Waals surface area contributed by atoms with Gasteiger partial charge in [0.25, 0.3) is 0 Å². The van der Waals surface area contributed by atoms with Gasteiger partial charge in [-0.05, 0) is 43.7 Å². The van der Waals surface area contributed by atoms with Gasteiger partial charge in [-0.3, -0.25) is 0 Å². The molecular weight excluding hydrogens is 244 g/mol. The molecule has 0 amide bonds. The number of hydrogen-bond acceptors (Lipinski definition) is 2. The van der Waals surface area contributed by atoms with Crippen molar-refractivity contribution in [2.24, 2.45) is 5.92 Å². The highest BCUT2D eigenvalue weighted by atomic mass is 35.5. The summed E-state index contributed by atoms with van der Waals surface area (Å²) in [5, 5.41) is 8.11. The molecule has 1 aromatic carbocycles. The summed E-state index contributed by atoms with van der Waals surface area (Å²) in [5.41, 5.74) is 2.47. The van der Waals surface area contributed by atoms with E-state index in [1.54, 1.807) is 0 Å². The Morgan fingerprint density at radius 2 is 2.11 bits per heavy atom. The predicted octanol–water partition coefficient (Wildman–Crippen LogP) is 4.52. The third-order valence-corrected chi connectivity index (χ3v) is 4.98. The fourth-order valence-electron chi connectivity index (χ4n) is 3.31. The van der Waals surface area contributed by atoms with Crippen LogP contribution in [-0.4, -0.2) is 12.1 Å². The molecule has 18 heavy (non-hydrogen) atoms. The van der Waals surface area contributed by atoms with Gasteiger partial charge in [-0.2, -0.15) is 0 Å². The van der Waals surface area contributed by atoms with Crippen LogP contribution >= 0.6 is 11.6 Å². The standard InChI is InChI=1S/C15H21ClN2/c1-2-11-6-8-15(9-7-11)10-17-13-5-3-4-12(16)14(13)18-15/h3-5,11,17-18H,2,6-10H2,1H3. The predicted molar refractivity (Wildman–Crippen MR) is 78.5 cm³/mol. The first-order chi connectivity index (χ1) is 8.72. The van der Waals surface area contributed by atoms with Crippen LogP contribution < -0.4 is 10.6 Å². The first kappa shape index (κ1) is 12.2. The van der Waals surface area contributed by atoms with Crippen LogP contribution in [0.3, 0.4) is 0 Å². The molecule has 0 aromatic heterocycles. The van der Waals surface area contributed by atoms with Gasteiger partial charge in [0.15, 0.2) is 0 Å². The normalized spacial score (nSPS) is 30.4. The third kappa shape index (κ3) is 2.07. The Hall–Kier alpha value is -0.890. The number of fused-ring (bicyclic) bond motifs is 1. The largest absolute Gasteiger partial charge is 0.381 e. The highest BCUT2D eigenvalue weighted by Crippen LogP contribution is 2.42. The Morgan fingerprint density at radius 3 is 2.83 bits per heavy atom. The zero-order valence-electron chi connectivity index (χ0n) is 10.9. The van der Waals surface area contributed by atoms with E-state index >= 15 is 0 Å². The average molecular weight is 265 g/mol. The van der Waals surface area contributed by atoms with E-state index in [0.717, 1.165) is 28.9 Å². The summed E-state index contributed by atoms with van der Waals surface area (Å²) in [6, 6.07) is 6.06. The number of hydrogen-bond donors (Lipinski definition) is 2. The number of rotatable bonds is 1. The van der Waals surface area contributed by atoms with Gasteiger partial charge in [0.1, 0.15) is 0 Å². The molecule has 2 aliphatic rings. The molecule has 3 rings (SSSR count). The number of nitrogens with one attached hydrogen (secondary N) is 2. The summed E-state index contributed by atoms with van der Waals surface area (Å²) in [6.45, 7) is 3.33. The van der Waals surface area contributed by atoms with Crippen LogP contribution in [0, 0.1) is 5.92 Å². The van der Waals surface area contributed by atoms with Crippen LogP contribution in [0.4, 0.5) is 11.4 Å². The Morgan fingerprint density at radius 1 is 1.33 bits per heavy atom. The van der Waals surface area contributed by atoms with Crippen molar-refractivity contribution >= 4 is 23.0 Å². The van der Waals surface area contributed by atoms with Crippen molar-refractivity contribution in [3.63, 3.8) is 0 Å². The van der Waals surface area contributed by atoms with Gasteiger partial charge < -0.3 is 10.6 Å². The number of benzene rings is 1. The van der Waals surface area contributed by atoms with E-state index in [-0.39, 0.29) is 5.54 Å². The quantitative estimate of drug-likeness (QED) is 0.780. The molecule has 2 N–H and O–H groups in total. The molecule has 1 aliphatic heterocycles. The van der Waals surface area contributed by atoms with Crippen LogP contribution in [-0.2, 0) is 0 Å². The minimum atomic E-state index is 0.226. The molecule has 3 heteroatoms. The monoisotopic (exact) mass is 264 g/mol. The minimum absolute atomic E-state index is 0.226. The Bertz CT molecular complexity index is 436. The van der Waals surface area contributed by atoms with Gasteiger partial charge in [-0.25, -0.2) is 0 Å². The van der Waals surface area contributed by atoms with E-state index in [0.29, 0.717) is 0 Å². The molecule has 0 saturated heterocycles. The molecule has 0 unspecified atom stereocenters. The van der Waals surface area contributed by atoms with Gasteiger partial charge in [-0.15, -0.1) is 0 Å². The average Bonchev–Trinajstić information content (AvgIpc) is 2.41. The zero-order chi connectivity index (χ0) is 12.6. The van der Waals surface area contributed by atoms with Crippen LogP contribution in [0.1, 0.15) is 39.0 Å². The second kappa shape index (κ2) is 4.65. The summed E-state index contributed by atoms with van der Waals surface area (Å²) in [5.74, 6) is 0.921. The van der Waals surface area contributed by atoms with E-state index in [1.807, 2.05) is 12.1 Å². The first-order valence-electron chi connectivity index (χ1n) is 7.03. The van der Waals surface area contributed by atoms with Crippen LogP contribution in [0.25, 0.3) is 0 Å². The maximum Gasteiger partial charge on any atom is 0.0770 e. The van der Waals surface area contributed by atoms with E-state index in [4.69, 9.17) is 11.6 Å². The lowest BCUT2D eigenvalue weighted by Gasteiger charge is -2.45. The zero-order valence-corrected chi connectivity index (χ0v) is 11.7. The lowest BCUT2D eigenvalue weighted by Crippen LogP contribution is -2.50. The van der Waals surface area contributed by atoms with E-state index in [1.165, 1.54) is 32.1 Å². The summed E-state index contributed by atoms with van der Waals surface area (Å²) in [7, 11) is 0. The number of anilines is 2. The fraction of sp³-hybridized carbons (Fsp3) is 0.600. The van der Waals surface area contributed by atoms with E-state index in [9.17, 15) is 0 Å². The van der Waals surface area contributed by atoms with Gasteiger partial charge in [0.05, 0.1) is 21.9 Å². The molecule has 0 radical (unpaired) electrons. The smallest absolute Gasteiger partial charge is 0.0770 e. The van der Waals surface area contributed by atoms with Crippen LogP contribution in [0.2, 0.25) is 5.02 Å². The van der Waals surface area contributed by atoms with Gasteiger partial charge in [0.2, 0.25) is 0 Å². The van der Waals surface area contributed by atoms with Gasteiger partial charge >= 0.3 is 0 Å². The van der Waals surface area contributed by atoms with Crippen molar-refractivity contribution in [1.29, 1.82) is 0 Å². The maximum absolute atomic E-state index is 6.30. The lowest BCUT2D eigenvalue weighted by molar-refractivity contribution is 0.255. The molecule has 1 fully saturated rings. The molecule has 1 spiro atoms. The maximum atomic E-state index is 6.30. The van der Waals surface area contributed by atoms with E-state index < -0.39 is 0 Å². The number of para-hydroxylation sites is 1. The van der Waals surface area contributed by atoms with E-state index in [2.05, 4.69) is 23.6 Å². The molecule has 1 aliphatic carbocycles. The first-order valence-corrected chi connectivity index (χ1v) is 7.41. The summed E-state index contributed by atoms with van der Waals surface area (Å²) >= 11 is 6.30. The summed E-state index contributed by atoms with van der Waals surface area (Å²) in [4.78, 5) is 0.